The summed E-state index contributed by atoms with van der Waals surface area (Å²) in [4.78, 5) is 22.9. The summed E-state index contributed by atoms with van der Waals surface area (Å²) in [5.74, 6) is -1.43. The van der Waals surface area contributed by atoms with Crippen LogP contribution < -0.4 is 4.74 Å². The molecule has 6 heteroatoms. The van der Waals surface area contributed by atoms with Crippen LogP contribution in [0.3, 0.4) is 0 Å². The largest absolute Gasteiger partial charge is 0.504 e. The van der Waals surface area contributed by atoms with Gasteiger partial charge in [-0.3, -0.25) is 0 Å². The Morgan fingerprint density at radius 2 is 1.68 bits per heavy atom. The van der Waals surface area contributed by atoms with Crippen molar-refractivity contribution in [2.45, 2.75) is 0 Å². The van der Waals surface area contributed by atoms with Gasteiger partial charge in [0, 0.05) is 0 Å². The van der Waals surface area contributed by atoms with Crippen molar-refractivity contribution in [3.05, 3.63) is 29.3 Å². The third kappa shape index (κ3) is 3.48. The highest BCUT2D eigenvalue weighted by Gasteiger charge is 2.19. The number of carbonyl (C=O) groups excluding carboxylic acids is 2. The van der Waals surface area contributed by atoms with Gasteiger partial charge in [-0.2, -0.15) is 0 Å². The highest BCUT2D eigenvalue weighted by molar-refractivity contribution is 6.17. The third-order valence-corrected chi connectivity index (χ3v) is 2.33. The molecule has 0 amide bonds. The number of ether oxygens (including phenoxy) is 3. The zero-order valence-electron chi connectivity index (χ0n) is 10.8. The van der Waals surface area contributed by atoms with Gasteiger partial charge in [0.05, 0.1) is 21.3 Å². The lowest BCUT2D eigenvalue weighted by molar-refractivity contribution is -0.143. The average Bonchev–Trinajstić information content (AvgIpc) is 2.44. The maximum absolute atomic E-state index is 11.5. The van der Waals surface area contributed by atoms with E-state index in [0.717, 1.165) is 14.2 Å². The second-order valence-electron chi connectivity index (χ2n) is 3.47. The Morgan fingerprint density at radius 1 is 1.11 bits per heavy atom. The van der Waals surface area contributed by atoms with Crippen LogP contribution in [-0.4, -0.2) is 38.4 Å². The molecule has 6 nitrogen and oxygen atoms in total. The van der Waals surface area contributed by atoms with Crippen LogP contribution in [0.5, 0.6) is 11.5 Å². The second kappa shape index (κ2) is 6.44. The smallest absolute Gasteiger partial charge is 0.345 e. The van der Waals surface area contributed by atoms with Crippen molar-refractivity contribution < 1.29 is 28.9 Å². The SMILES string of the molecule is COC(=O)C(=Cc1ccc(O)c(OC)c1)C(=O)OC. The highest BCUT2D eigenvalue weighted by atomic mass is 16.5. The fraction of sp³-hybridized carbons (Fsp3) is 0.231. The van der Waals surface area contributed by atoms with E-state index in [1.807, 2.05) is 0 Å². The van der Waals surface area contributed by atoms with Crippen LogP contribution >= 0.6 is 0 Å². The quantitative estimate of drug-likeness (QED) is 0.381. The standard InChI is InChI=1S/C13H14O6/c1-17-11-7-8(4-5-10(11)14)6-9(12(15)18-2)13(16)19-3/h4-7,14H,1-3H3. The van der Waals surface area contributed by atoms with Crippen LogP contribution in [0.15, 0.2) is 23.8 Å². The number of rotatable bonds is 4. The first kappa shape index (κ1) is 14.6. The summed E-state index contributed by atoms with van der Waals surface area (Å²) in [5, 5.41) is 9.45. The molecule has 0 saturated heterocycles. The molecule has 102 valence electrons. The monoisotopic (exact) mass is 266 g/mol. The Hall–Kier alpha value is -2.50. The van der Waals surface area contributed by atoms with Crippen LogP contribution in [0, 0.1) is 0 Å². The normalized spacial score (nSPS) is 9.42. The van der Waals surface area contributed by atoms with Crippen molar-refractivity contribution in [1.29, 1.82) is 0 Å². The van der Waals surface area contributed by atoms with E-state index in [-0.39, 0.29) is 17.1 Å². The molecule has 1 rings (SSSR count). The Labute approximate surface area is 110 Å². The summed E-state index contributed by atoms with van der Waals surface area (Å²) in [6, 6.07) is 4.38. The first-order chi connectivity index (χ1) is 9.03. The molecule has 0 unspecified atom stereocenters. The summed E-state index contributed by atoms with van der Waals surface area (Å²) < 4.78 is 13.9. The van der Waals surface area contributed by atoms with Gasteiger partial charge in [-0.15, -0.1) is 0 Å². The molecular weight excluding hydrogens is 252 g/mol. The molecule has 19 heavy (non-hydrogen) atoms. The predicted octanol–water partition coefficient (Wildman–Crippen LogP) is 1.13. The van der Waals surface area contributed by atoms with Gasteiger partial charge in [-0.25, -0.2) is 9.59 Å². The van der Waals surface area contributed by atoms with Gasteiger partial charge >= 0.3 is 11.9 Å². The van der Waals surface area contributed by atoms with Crippen molar-refractivity contribution >= 4 is 18.0 Å². The fourth-order valence-electron chi connectivity index (χ4n) is 1.37. The summed E-state index contributed by atoms with van der Waals surface area (Å²) in [6.07, 6.45) is 1.29. The number of carbonyl (C=O) groups is 2. The topological polar surface area (TPSA) is 82.1 Å². The number of aromatic hydroxyl groups is 1. The van der Waals surface area contributed by atoms with E-state index < -0.39 is 11.9 Å². The fourth-order valence-corrected chi connectivity index (χ4v) is 1.37. The van der Waals surface area contributed by atoms with Gasteiger partial charge in [0.25, 0.3) is 0 Å². The lowest BCUT2D eigenvalue weighted by atomic mass is 10.1. The highest BCUT2D eigenvalue weighted by Crippen LogP contribution is 2.27. The number of phenolic OH excluding ortho intramolecular Hbond substituents is 1. The number of hydrogen-bond acceptors (Lipinski definition) is 6. The lowest BCUT2D eigenvalue weighted by Gasteiger charge is -2.06. The molecule has 0 heterocycles. The van der Waals surface area contributed by atoms with Crippen LogP contribution in [0.4, 0.5) is 0 Å². The van der Waals surface area contributed by atoms with E-state index in [1.165, 1.54) is 31.4 Å². The zero-order valence-corrected chi connectivity index (χ0v) is 10.8. The summed E-state index contributed by atoms with van der Waals surface area (Å²) in [5.41, 5.74) is 0.234. The molecule has 0 saturated carbocycles. The molecule has 1 N–H and O–H groups in total. The van der Waals surface area contributed by atoms with E-state index in [9.17, 15) is 14.7 Å². The Morgan fingerprint density at radius 3 is 2.16 bits per heavy atom. The molecular formula is C13H14O6. The van der Waals surface area contributed by atoms with Gasteiger partial charge in [0.2, 0.25) is 0 Å². The molecule has 0 aromatic heterocycles. The summed E-state index contributed by atoms with van der Waals surface area (Å²) in [7, 11) is 3.72. The second-order valence-corrected chi connectivity index (χ2v) is 3.47. The third-order valence-electron chi connectivity index (χ3n) is 2.33. The Balaban J connectivity index is 3.22. The summed E-state index contributed by atoms with van der Waals surface area (Å²) in [6.45, 7) is 0. The Kier molecular flexibility index (Phi) is 4.93. The summed E-state index contributed by atoms with van der Waals surface area (Å²) >= 11 is 0. The van der Waals surface area contributed by atoms with E-state index >= 15 is 0 Å². The molecule has 0 spiro atoms. The number of hydrogen-bond donors (Lipinski definition) is 1. The molecule has 0 atom stereocenters. The number of methoxy groups -OCH3 is 3. The van der Waals surface area contributed by atoms with Gasteiger partial charge in [-0.05, 0) is 23.8 Å². The maximum Gasteiger partial charge on any atom is 0.345 e. The molecule has 0 radical (unpaired) electrons. The van der Waals surface area contributed by atoms with Crippen molar-refractivity contribution in [2.24, 2.45) is 0 Å². The average molecular weight is 266 g/mol. The van der Waals surface area contributed by atoms with Crippen LogP contribution in [0.25, 0.3) is 6.08 Å². The van der Waals surface area contributed by atoms with Gasteiger partial charge in [-0.1, -0.05) is 6.07 Å². The molecule has 0 fully saturated rings. The number of esters is 2. The molecule has 0 aliphatic heterocycles. The molecule has 1 aromatic rings. The van der Waals surface area contributed by atoms with Crippen LogP contribution in [-0.2, 0) is 19.1 Å². The van der Waals surface area contributed by atoms with Gasteiger partial charge < -0.3 is 19.3 Å². The predicted molar refractivity (Wildman–Crippen MR) is 66.7 cm³/mol. The van der Waals surface area contributed by atoms with E-state index in [0.29, 0.717) is 5.56 Å². The molecule has 0 bridgehead atoms. The first-order valence-electron chi connectivity index (χ1n) is 5.28. The van der Waals surface area contributed by atoms with Gasteiger partial charge in [0.15, 0.2) is 11.5 Å². The first-order valence-corrected chi connectivity index (χ1v) is 5.28. The lowest BCUT2D eigenvalue weighted by Crippen LogP contribution is -2.15. The maximum atomic E-state index is 11.5. The molecule has 0 aliphatic rings. The minimum Gasteiger partial charge on any atom is -0.504 e. The minimum atomic E-state index is -0.807. The number of phenols is 1. The minimum absolute atomic E-state index is 0.0441. The zero-order chi connectivity index (χ0) is 14.4. The Bertz CT molecular complexity index is 500. The van der Waals surface area contributed by atoms with E-state index in [4.69, 9.17) is 4.74 Å². The number of benzene rings is 1. The van der Waals surface area contributed by atoms with Crippen molar-refractivity contribution in [1.82, 2.24) is 0 Å². The van der Waals surface area contributed by atoms with Crippen molar-refractivity contribution in [3.63, 3.8) is 0 Å². The van der Waals surface area contributed by atoms with Crippen molar-refractivity contribution in [2.75, 3.05) is 21.3 Å². The molecule has 0 aliphatic carbocycles. The van der Waals surface area contributed by atoms with Crippen molar-refractivity contribution in [3.8, 4) is 11.5 Å². The van der Waals surface area contributed by atoms with E-state index in [1.54, 1.807) is 0 Å². The van der Waals surface area contributed by atoms with Crippen LogP contribution in [0.2, 0.25) is 0 Å². The van der Waals surface area contributed by atoms with Crippen LogP contribution in [0.1, 0.15) is 5.56 Å². The van der Waals surface area contributed by atoms with Gasteiger partial charge in [0.1, 0.15) is 5.57 Å². The molecule has 1 aromatic carbocycles. The van der Waals surface area contributed by atoms with E-state index in [2.05, 4.69) is 9.47 Å².